The normalized spacial score (nSPS) is 15.4. The van der Waals surface area contributed by atoms with Gasteiger partial charge < -0.3 is 14.2 Å². The van der Waals surface area contributed by atoms with Crippen molar-refractivity contribution in [1.82, 2.24) is 0 Å². The standard InChI is InChI=1S/C14H17F3O2.C12H19F3O2.C7H5F3.C6H12O2.CH3F/c1-10(2)9-19-13(18)8-5-11-3-6-12(7-4-11)14(15,16)17;1-8(2)7-17-11(16)9-3-5-10(6-4-9)12(13,14)15;8-7(9,10)6-4-2-1-3-5-6;1-5(2)4-8-6(3)7;1-2/h3-4,6-7,10H,5,8-9H2,1-2H3;8-10H,3-7H2,1-2H3;1-5H;5H,4H2,1-3H3;1H3. The molecule has 1 fully saturated rings. The Morgan fingerprint density at radius 2 is 1.02 bits per heavy atom. The Hall–Kier alpha value is -3.85. The monoisotopic (exact) mass is 822 g/mol. The Morgan fingerprint density at radius 1 is 0.607 bits per heavy atom. The minimum atomic E-state index is -4.32. The first-order chi connectivity index (χ1) is 25.8. The van der Waals surface area contributed by atoms with E-state index in [2.05, 4.69) is 4.74 Å². The number of aryl methyl sites for hydroxylation is 1. The van der Waals surface area contributed by atoms with Gasteiger partial charge in [-0.2, -0.15) is 39.5 Å². The summed E-state index contributed by atoms with van der Waals surface area (Å²) in [5.74, 6) is -1.46. The van der Waals surface area contributed by atoms with Crippen molar-refractivity contribution in [2.75, 3.05) is 27.0 Å². The van der Waals surface area contributed by atoms with Gasteiger partial charge in [-0.05, 0) is 67.6 Å². The van der Waals surface area contributed by atoms with Crippen LogP contribution in [0.2, 0.25) is 0 Å². The molecule has 0 N–H and O–H groups in total. The van der Waals surface area contributed by atoms with Crippen LogP contribution in [0.15, 0.2) is 54.6 Å². The van der Waals surface area contributed by atoms with Crippen LogP contribution in [0.4, 0.5) is 43.9 Å². The number of rotatable bonds is 10. The van der Waals surface area contributed by atoms with Crippen molar-refractivity contribution >= 4 is 17.9 Å². The zero-order chi connectivity index (χ0) is 43.7. The summed E-state index contributed by atoms with van der Waals surface area (Å²) in [4.78, 5) is 33.0. The highest BCUT2D eigenvalue weighted by molar-refractivity contribution is 5.72. The smallest absolute Gasteiger partial charge is 0.416 e. The van der Waals surface area contributed by atoms with Gasteiger partial charge in [0.1, 0.15) is 0 Å². The summed E-state index contributed by atoms with van der Waals surface area (Å²) in [6.07, 6.45) is -11.4. The summed E-state index contributed by atoms with van der Waals surface area (Å²) in [5, 5.41) is 0. The van der Waals surface area contributed by atoms with Crippen LogP contribution in [-0.2, 0) is 47.4 Å². The highest BCUT2D eigenvalue weighted by Gasteiger charge is 2.42. The van der Waals surface area contributed by atoms with Gasteiger partial charge in [0.15, 0.2) is 0 Å². The molecule has 0 amide bonds. The van der Waals surface area contributed by atoms with Crippen LogP contribution in [0.25, 0.3) is 0 Å². The maximum atomic E-state index is 12.4. The molecule has 16 heteroatoms. The number of hydrogen-bond acceptors (Lipinski definition) is 6. The lowest BCUT2D eigenvalue weighted by molar-refractivity contribution is -0.186. The first-order valence-electron chi connectivity index (χ1n) is 18.0. The Kier molecular flexibility index (Phi) is 26.8. The van der Waals surface area contributed by atoms with E-state index in [1.165, 1.54) is 31.2 Å². The molecular weight excluding hydrogens is 766 g/mol. The minimum absolute atomic E-state index is 0.0466. The highest BCUT2D eigenvalue weighted by atomic mass is 19.4. The van der Waals surface area contributed by atoms with Gasteiger partial charge in [-0.1, -0.05) is 84.0 Å². The molecule has 2 aromatic carbocycles. The molecule has 1 aliphatic carbocycles. The summed E-state index contributed by atoms with van der Waals surface area (Å²) >= 11 is 0. The van der Waals surface area contributed by atoms with Crippen LogP contribution in [0, 0.1) is 29.6 Å². The predicted octanol–water partition coefficient (Wildman–Crippen LogP) is 11.9. The molecule has 322 valence electrons. The summed E-state index contributed by atoms with van der Waals surface area (Å²) < 4.78 is 134. The molecule has 2 aromatic rings. The van der Waals surface area contributed by atoms with Gasteiger partial charge in [0, 0.05) is 13.3 Å². The summed E-state index contributed by atoms with van der Waals surface area (Å²) in [6.45, 7) is 14.4. The average molecular weight is 823 g/mol. The van der Waals surface area contributed by atoms with Gasteiger partial charge in [-0.3, -0.25) is 18.8 Å². The largest absolute Gasteiger partial charge is 0.466 e. The van der Waals surface area contributed by atoms with Gasteiger partial charge in [0.25, 0.3) is 0 Å². The van der Waals surface area contributed by atoms with Gasteiger partial charge in [-0.15, -0.1) is 0 Å². The number of carbonyl (C=O) groups excluding carboxylic acids is 3. The van der Waals surface area contributed by atoms with E-state index in [0.29, 0.717) is 57.7 Å². The molecule has 6 nitrogen and oxygen atoms in total. The average Bonchev–Trinajstić information content (AvgIpc) is 3.12. The molecule has 3 rings (SSSR count). The lowest BCUT2D eigenvalue weighted by Gasteiger charge is -2.28. The zero-order valence-corrected chi connectivity index (χ0v) is 33.2. The maximum absolute atomic E-state index is 12.4. The van der Waals surface area contributed by atoms with E-state index in [-0.39, 0.29) is 54.9 Å². The molecule has 56 heavy (non-hydrogen) atoms. The summed E-state index contributed by atoms with van der Waals surface area (Å²) in [7, 11) is 0.500. The number of alkyl halides is 10. The van der Waals surface area contributed by atoms with Crippen LogP contribution in [0.5, 0.6) is 0 Å². The second-order valence-corrected chi connectivity index (χ2v) is 13.9. The number of halogens is 10. The Balaban J connectivity index is 0. The molecule has 0 heterocycles. The van der Waals surface area contributed by atoms with E-state index in [1.807, 2.05) is 41.5 Å². The van der Waals surface area contributed by atoms with Crippen molar-refractivity contribution in [1.29, 1.82) is 0 Å². The van der Waals surface area contributed by atoms with Crippen molar-refractivity contribution in [3.05, 3.63) is 71.3 Å². The minimum Gasteiger partial charge on any atom is -0.466 e. The van der Waals surface area contributed by atoms with Gasteiger partial charge in [0.05, 0.1) is 50.0 Å². The molecule has 0 atom stereocenters. The van der Waals surface area contributed by atoms with Gasteiger partial charge in [0.2, 0.25) is 0 Å². The fourth-order valence-electron chi connectivity index (χ4n) is 4.37. The maximum Gasteiger partial charge on any atom is 0.416 e. The molecule has 0 aliphatic heterocycles. The quantitative estimate of drug-likeness (QED) is 0.135. The first kappa shape index (κ1) is 54.3. The molecule has 0 aromatic heterocycles. The summed E-state index contributed by atoms with van der Waals surface area (Å²) in [5.41, 5.74) is -0.594. The van der Waals surface area contributed by atoms with Crippen LogP contribution in [-0.4, -0.2) is 51.1 Å². The van der Waals surface area contributed by atoms with Crippen molar-refractivity contribution in [3.63, 3.8) is 0 Å². The molecule has 0 unspecified atom stereocenters. The lowest BCUT2D eigenvalue weighted by atomic mass is 9.82. The second kappa shape index (κ2) is 27.7. The van der Waals surface area contributed by atoms with E-state index in [0.717, 1.165) is 24.3 Å². The fourth-order valence-corrected chi connectivity index (χ4v) is 4.37. The van der Waals surface area contributed by atoms with Crippen molar-refractivity contribution in [2.45, 2.75) is 106 Å². The van der Waals surface area contributed by atoms with Crippen LogP contribution >= 0.6 is 0 Å². The molecule has 1 aliphatic rings. The number of ether oxygens (including phenoxy) is 3. The third-order valence-electron chi connectivity index (χ3n) is 7.28. The van der Waals surface area contributed by atoms with Crippen molar-refractivity contribution < 1.29 is 72.5 Å². The molecule has 0 bridgehead atoms. The van der Waals surface area contributed by atoms with Crippen molar-refractivity contribution in [3.8, 4) is 0 Å². The van der Waals surface area contributed by atoms with E-state index in [9.17, 15) is 58.3 Å². The molecule has 1 saturated carbocycles. The van der Waals surface area contributed by atoms with Crippen LogP contribution in [0.1, 0.15) is 97.3 Å². The lowest BCUT2D eigenvalue weighted by Crippen LogP contribution is -2.31. The number of carbonyl (C=O) groups is 3. The van der Waals surface area contributed by atoms with Crippen LogP contribution in [0.3, 0.4) is 0 Å². The number of hydrogen-bond donors (Lipinski definition) is 0. The highest BCUT2D eigenvalue weighted by Crippen LogP contribution is 2.40. The molecule has 0 spiro atoms. The van der Waals surface area contributed by atoms with Crippen molar-refractivity contribution in [2.24, 2.45) is 29.6 Å². The second-order valence-electron chi connectivity index (χ2n) is 13.9. The number of benzene rings is 2. The predicted molar refractivity (Wildman–Crippen MR) is 193 cm³/mol. The van der Waals surface area contributed by atoms with Crippen LogP contribution < -0.4 is 0 Å². The topological polar surface area (TPSA) is 78.9 Å². The third-order valence-corrected chi connectivity index (χ3v) is 7.28. The Bertz CT molecular complexity index is 1330. The first-order valence-corrected chi connectivity index (χ1v) is 18.0. The Labute approximate surface area is 323 Å². The SMILES string of the molecule is CC(=O)OCC(C)C.CC(C)COC(=O)C1CCC(C(F)(F)F)CC1.CC(C)COC(=O)CCc1ccc(C(F)(F)F)cc1.CF.FC(F)(F)c1ccccc1. The van der Waals surface area contributed by atoms with E-state index in [1.54, 1.807) is 6.07 Å². The molecule has 0 radical (unpaired) electrons. The zero-order valence-electron chi connectivity index (χ0n) is 33.2. The third kappa shape index (κ3) is 27.7. The van der Waals surface area contributed by atoms with E-state index < -0.39 is 35.6 Å². The number of esters is 3. The van der Waals surface area contributed by atoms with Gasteiger partial charge in [-0.25, -0.2) is 0 Å². The Morgan fingerprint density at radius 3 is 1.38 bits per heavy atom. The van der Waals surface area contributed by atoms with E-state index >= 15 is 0 Å². The van der Waals surface area contributed by atoms with Gasteiger partial charge >= 0.3 is 36.4 Å². The molecular formula is C40H56F10O6. The van der Waals surface area contributed by atoms with E-state index in [4.69, 9.17) is 9.47 Å². The molecule has 0 saturated heterocycles. The fraction of sp³-hybridized carbons (Fsp3) is 0.625. The summed E-state index contributed by atoms with van der Waals surface area (Å²) in [6, 6.07) is 11.2.